The first kappa shape index (κ1) is 24.0. The summed E-state index contributed by atoms with van der Waals surface area (Å²) in [6, 6.07) is 9.17. The van der Waals surface area contributed by atoms with Gasteiger partial charge in [0.15, 0.2) is 0 Å². The first-order valence-corrected chi connectivity index (χ1v) is 11.2. The summed E-state index contributed by atoms with van der Waals surface area (Å²) in [5, 5.41) is 24.4. The summed E-state index contributed by atoms with van der Waals surface area (Å²) in [6.45, 7) is -1.04. The molecule has 4 aromatic heterocycles. The van der Waals surface area contributed by atoms with E-state index in [1.165, 1.54) is 18.6 Å². The minimum Gasteiger partial charge on any atom is -0.449 e. The average Bonchev–Trinajstić information content (AvgIpc) is 3.45. The molecule has 5 rings (SSSR count). The van der Waals surface area contributed by atoms with Gasteiger partial charge in [-0.3, -0.25) is 4.98 Å². The number of amides is 1. The van der Waals surface area contributed by atoms with Crippen LogP contribution in [0.25, 0.3) is 28.2 Å². The molecule has 1 fully saturated rings. The number of alkyl halides is 3. The lowest BCUT2D eigenvalue weighted by atomic mass is 9.80. The number of nitrogens with one attached hydrogen (secondary N) is 1. The number of carbonyl (C=O) groups excluding carboxylic acids is 1. The van der Waals surface area contributed by atoms with Crippen molar-refractivity contribution < 1.29 is 22.7 Å². The number of anilines is 1. The van der Waals surface area contributed by atoms with Gasteiger partial charge in [0.1, 0.15) is 18.3 Å². The second kappa shape index (κ2) is 9.41. The molecule has 4 aromatic rings. The number of carbonyl (C=O) groups is 1. The Kier molecular flexibility index (Phi) is 6.12. The Morgan fingerprint density at radius 3 is 2.78 bits per heavy atom. The Hall–Kier alpha value is -4.67. The van der Waals surface area contributed by atoms with Crippen LogP contribution in [0.1, 0.15) is 18.4 Å². The fourth-order valence-electron chi connectivity index (χ4n) is 4.27. The second-order valence-corrected chi connectivity index (χ2v) is 8.75. The molecule has 0 bridgehead atoms. The lowest BCUT2D eigenvalue weighted by Gasteiger charge is -2.36. The molecule has 0 atom stereocenters. The number of nitrogens with two attached hydrogens (primary N) is 1. The van der Waals surface area contributed by atoms with Crippen molar-refractivity contribution in [3.05, 3.63) is 48.4 Å². The Balaban J connectivity index is 1.46. The fraction of sp³-hybridized carbons (Fsp3) is 0.304. The number of fused-ring (bicyclic) bond motifs is 1. The number of pyridine rings is 1. The molecule has 1 amide bonds. The summed E-state index contributed by atoms with van der Waals surface area (Å²) in [4.78, 5) is 15.4. The van der Waals surface area contributed by atoms with Gasteiger partial charge in [-0.1, -0.05) is 5.21 Å². The predicted octanol–water partition coefficient (Wildman–Crippen LogP) is 3.37. The van der Waals surface area contributed by atoms with Crippen molar-refractivity contribution in [3.8, 4) is 28.7 Å². The van der Waals surface area contributed by atoms with Crippen LogP contribution in [-0.2, 0) is 11.3 Å². The van der Waals surface area contributed by atoms with E-state index in [0.717, 1.165) is 4.68 Å². The van der Waals surface area contributed by atoms with Crippen LogP contribution in [0.5, 0.6) is 0 Å². The van der Waals surface area contributed by atoms with Crippen LogP contribution < -0.4 is 11.1 Å². The number of primary amides is 1. The van der Waals surface area contributed by atoms with Crippen LogP contribution in [0.3, 0.4) is 0 Å². The van der Waals surface area contributed by atoms with Gasteiger partial charge in [-0.15, -0.1) is 5.10 Å². The number of rotatable bonds is 7. The Morgan fingerprint density at radius 1 is 1.24 bits per heavy atom. The maximum Gasteiger partial charge on any atom is 0.408 e. The smallest absolute Gasteiger partial charge is 0.408 e. The van der Waals surface area contributed by atoms with E-state index in [4.69, 9.17) is 15.7 Å². The summed E-state index contributed by atoms with van der Waals surface area (Å²) >= 11 is 0. The second-order valence-electron chi connectivity index (χ2n) is 8.75. The number of halogens is 3. The zero-order valence-corrected chi connectivity index (χ0v) is 19.2. The molecule has 190 valence electrons. The molecule has 1 aliphatic rings. The third-order valence-corrected chi connectivity index (χ3v) is 6.01. The monoisotopic (exact) mass is 511 g/mol. The molecule has 0 saturated heterocycles. The maximum absolute atomic E-state index is 12.8. The third kappa shape index (κ3) is 5.30. The summed E-state index contributed by atoms with van der Waals surface area (Å²) < 4.78 is 45.7. The Bertz CT molecular complexity index is 1500. The SMILES string of the molecule is N#Cc1cnn2c(-c3cc(N[C@H]4C[C@H](COC(N)=O)C4)c(-c4cn(CC(F)(F)F)nn4)cn3)ccc2c1. The van der Waals surface area contributed by atoms with Crippen LogP contribution in [-0.4, -0.2) is 54.5 Å². The van der Waals surface area contributed by atoms with E-state index in [0.29, 0.717) is 46.6 Å². The molecular formula is C23H20F3N9O2. The first-order valence-electron chi connectivity index (χ1n) is 11.2. The lowest BCUT2D eigenvalue weighted by Crippen LogP contribution is -2.38. The van der Waals surface area contributed by atoms with Gasteiger partial charge >= 0.3 is 12.3 Å². The van der Waals surface area contributed by atoms with Gasteiger partial charge in [-0.2, -0.15) is 23.5 Å². The van der Waals surface area contributed by atoms with Gasteiger partial charge in [0.2, 0.25) is 0 Å². The minimum absolute atomic E-state index is 0.0288. The first-order chi connectivity index (χ1) is 17.7. The molecule has 1 saturated carbocycles. The third-order valence-electron chi connectivity index (χ3n) is 6.01. The van der Waals surface area contributed by atoms with Crippen LogP contribution in [0.2, 0.25) is 0 Å². The Labute approximate surface area is 207 Å². The van der Waals surface area contributed by atoms with E-state index >= 15 is 0 Å². The molecule has 3 N–H and O–H groups in total. The number of hydrogen-bond donors (Lipinski definition) is 2. The lowest BCUT2D eigenvalue weighted by molar-refractivity contribution is -0.142. The quantitative estimate of drug-likeness (QED) is 0.384. The fourth-order valence-corrected chi connectivity index (χ4v) is 4.27. The van der Waals surface area contributed by atoms with E-state index in [1.54, 1.807) is 16.6 Å². The van der Waals surface area contributed by atoms with Crippen molar-refractivity contribution in [2.24, 2.45) is 11.7 Å². The standard InChI is InChI=1S/C23H20F3N9O2/c24-23(25,26)12-34-10-20(32-33-34)17-9-29-19(21-2-1-16-5-14(7-27)8-30-35(16)21)6-18(17)31-15-3-13(4-15)11-37-22(28)36/h1-2,5-6,8-10,13,15H,3-4,11-12H2,(H2,28,36)(H,29,31)/t13-,15-. The molecule has 1 aliphatic carbocycles. The summed E-state index contributed by atoms with van der Waals surface area (Å²) in [6.07, 6.45) is 0.346. The highest BCUT2D eigenvalue weighted by Crippen LogP contribution is 2.36. The van der Waals surface area contributed by atoms with E-state index < -0.39 is 18.8 Å². The summed E-state index contributed by atoms with van der Waals surface area (Å²) in [7, 11) is 0. The molecule has 0 spiro atoms. The number of nitrogens with zero attached hydrogens (tertiary/aromatic N) is 7. The van der Waals surface area contributed by atoms with Gasteiger partial charge in [0.25, 0.3) is 0 Å². The van der Waals surface area contributed by atoms with E-state index in [9.17, 15) is 18.0 Å². The average molecular weight is 511 g/mol. The molecule has 0 aromatic carbocycles. The van der Waals surface area contributed by atoms with Crippen LogP contribution >= 0.6 is 0 Å². The molecule has 11 nitrogen and oxygen atoms in total. The molecule has 0 radical (unpaired) electrons. The molecule has 4 heterocycles. The van der Waals surface area contributed by atoms with Gasteiger partial charge in [-0.05, 0) is 43.0 Å². The predicted molar refractivity (Wildman–Crippen MR) is 124 cm³/mol. The number of ether oxygens (including phenoxy) is 1. The van der Waals surface area contributed by atoms with E-state index in [1.807, 2.05) is 12.1 Å². The van der Waals surface area contributed by atoms with Crippen molar-refractivity contribution in [2.45, 2.75) is 31.6 Å². The van der Waals surface area contributed by atoms with Crippen molar-refractivity contribution in [1.29, 1.82) is 5.26 Å². The van der Waals surface area contributed by atoms with Crippen molar-refractivity contribution in [1.82, 2.24) is 29.6 Å². The maximum atomic E-state index is 12.8. The molecular weight excluding hydrogens is 491 g/mol. The normalized spacial score (nSPS) is 17.2. The highest BCUT2D eigenvalue weighted by atomic mass is 19.4. The largest absolute Gasteiger partial charge is 0.449 e. The van der Waals surface area contributed by atoms with Crippen LogP contribution in [0, 0.1) is 17.2 Å². The van der Waals surface area contributed by atoms with Gasteiger partial charge in [0.05, 0.1) is 41.5 Å². The molecule has 37 heavy (non-hydrogen) atoms. The van der Waals surface area contributed by atoms with E-state index in [-0.39, 0.29) is 24.3 Å². The van der Waals surface area contributed by atoms with Gasteiger partial charge < -0.3 is 15.8 Å². The topological polar surface area (TPSA) is 149 Å². The van der Waals surface area contributed by atoms with Crippen molar-refractivity contribution in [2.75, 3.05) is 11.9 Å². The number of aromatic nitrogens is 6. The zero-order valence-electron chi connectivity index (χ0n) is 19.2. The highest BCUT2D eigenvalue weighted by Gasteiger charge is 2.31. The summed E-state index contributed by atoms with van der Waals surface area (Å²) in [5.41, 5.74) is 8.69. The van der Waals surface area contributed by atoms with Gasteiger partial charge in [0, 0.05) is 23.5 Å². The van der Waals surface area contributed by atoms with Crippen molar-refractivity contribution >= 4 is 17.3 Å². The number of nitriles is 1. The van der Waals surface area contributed by atoms with Crippen molar-refractivity contribution in [3.63, 3.8) is 0 Å². The Morgan fingerprint density at radius 2 is 2.05 bits per heavy atom. The van der Waals surface area contributed by atoms with E-state index in [2.05, 4.69) is 31.8 Å². The minimum atomic E-state index is -4.43. The van der Waals surface area contributed by atoms with Gasteiger partial charge in [-0.25, -0.2) is 14.0 Å². The molecule has 0 unspecified atom stereocenters. The van der Waals surface area contributed by atoms with Crippen LogP contribution in [0.15, 0.2) is 42.9 Å². The molecule has 0 aliphatic heterocycles. The number of hydrogen-bond acceptors (Lipinski definition) is 8. The zero-order chi connectivity index (χ0) is 26.2. The van der Waals surface area contributed by atoms with Crippen LogP contribution in [0.4, 0.5) is 23.7 Å². The summed E-state index contributed by atoms with van der Waals surface area (Å²) in [5.74, 6) is 0.149. The molecule has 14 heteroatoms. The highest BCUT2D eigenvalue weighted by molar-refractivity contribution is 5.79.